The zero-order valence-electron chi connectivity index (χ0n) is 16.9. The Labute approximate surface area is 187 Å². The van der Waals surface area contributed by atoms with E-state index in [-0.39, 0.29) is 36.4 Å². The van der Waals surface area contributed by atoms with Gasteiger partial charge in [0, 0.05) is 32.6 Å². The molecule has 1 aliphatic heterocycles. The number of likely N-dealkylation sites (tertiary alicyclic amines) is 1. The van der Waals surface area contributed by atoms with E-state index in [1.807, 2.05) is 11.8 Å². The van der Waals surface area contributed by atoms with Gasteiger partial charge in [0.1, 0.15) is 0 Å². The smallest absolute Gasteiger partial charge is 0.357 e. The number of hydrogen-bond acceptors (Lipinski definition) is 2. The van der Waals surface area contributed by atoms with Gasteiger partial charge in [0.2, 0.25) is 5.91 Å². The zero-order chi connectivity index (χ0) is 20.6. The molecule has 1 saturated heterocycles. The lowest BCUT2D eigenvalue weighted by Crippen LogP contribution is -2.42. The van der Waals surface area contributed by atoms with E-state index in [4.69, 9.17) is 0 Å². The van der Waals surface area contributed by atoms with Gasteiger partial charge >= 0.3 is 6.18 Å². The van der Waals surface area contributed by atoms with E-state index >= 15 is 0 Å². The largest absolute Gasteiger partial charge is 0.416 e. The number of aliphatic imine (C=N–C) groups is 1. The lowest BCUT2D eigenvalue weighted by Gasteiger charge is -2.31. The van der Waals surface area contributed by atoms with Crippen LogP contribution in [0.5, 0.6) is 0 Å². The highest BCUT2D eigenvalue weighted by Gasteiger charge is 2.30. The van der Waals surface area contributed by atoms with E-state index in [1.54, 1.807) is 6.07 Å². The van der Waals surface area contributed by atoms with Crippen LogP contribution in [0.2, 0.25) is 0 Å². The maximum atomic E-state index is 12.8. The molecule has 1 aromatic rings. The molecule has 2 rings (SSSR count). The fraction of sp³-hybridized carbons (Fsp3) is 0.600. The van der Waals surface area contributed by atoms with Crippen LogP contribution in [0.4, 0.5) is 13.2 Å². The average Bonchev–Trinajstić information content (AvgIpc) is 2.65. The summed E-state index contributed by atoms with van der Waals surface area (Å²) >= 11 is 0. The van der Waals surface area contributed by atoms with Crippen molar-refractivity contribution >= 4 is 35.8 Å². The molecule has 0 spiro atoms. The van der Waals surface area contributed by atoms with Crippen molar-refractivity contribution in [2.45, 2.75) is 45.8 Å². The summed E-state index contributed by atoms with van der Waals surface area (Å²) in [6, 6.07) is 5.15. The molecule has 5 nitrogen and oxygen atoms in total. The first-order chi connectivity index (χ1) is 13.3. The predicted molar refractivity (Wildman–Crippen MR) is 119 cm³/mol. The molecule has 2 N–H and O–H groups in total. The second-order valence-corrected chi connectivity index (χ2v) is 7.16. The summed E-state index contributed by atoms with van der Waals surface area (Å²) < 4.78 is 38.4. The molecule has 1 amide bonds. The highest BCUT2D eigenvalue weighted by molar-refractivity contribution is 14.0. The molecule has 9 heteroatoms. The monoisotopic (exact) mass is 526 g/mol. The van der Waals surface area contributed by atoms with Crippen molar-refractivity contribution < 1.29 is 18.0 Å². The summed E-state index contributed by atoms with van der Waals surface area (Å²) in [5.41, 5.74) is -0.204. The lowest BCUT2D eigenvalue weighted by atomic mass is 10.00. The van der Waals surface area contributed by atoms with Crippen LogP contribution in [-0.4, -0.2) is 42.9 Å². The number of alkyl halides is 3. The van der Waals surface area contributed by atoms with E-state index in [0.717, 1.165) is 38.1 Å². The SMILES string of the molecule is CCNC(=NCc1cccc(C(F)(F)F)c1)NCCC(=O)N1CCCC(C)C1.I. The minimum atomic E-state index is -4.37. The van der Waals surface area contributed by atoms with Crippen molar-refractivity contribution in [1.82, 2.24) is 15.5 Å². The van der Waals surface area contributed by atoms with E-state index in [1.165, 1.54) is 6.07 Å². The van der Waals surface area contributed by atoms with Crippen LogP contribution in [-0.2, 0) is 17.5 Å². The molecule has 1 atom stereocenters. The second kappa shape index (κ2) is 12.2. The van der Waals surface area contributed by atoms with Gasteiger partial charge in [-0.3, -0.25) is 4.79 Å². The molecule has 0 radical (unpaired) electrons. The van der Waals surface area contributed by atoms with Crippen molar-refractivity contribution in [3.63, 3.8) is 0 Å². The fourth-order valence-electron chi connectivity index (χ4n) is 3.22. The Hall–Kier alpha value is -1.52. The van der Waals surface area contributed by atoms with Gasteiger partial charge in [0.05, 0.1) is 12.1 Å². The van der Waals surface area contributed by atoms with Gasteiger partial charge in [0.25, 0.3) is 0 Å². The van der Waals surface area contributed by atoms with Crippen LogP contribution in [0, 0.1) is 5.92 Å². The third-order valence-corrected chi connectivity index (χ3v) is 4.66. The molecule has 1 unspecified atom stereocenters. The van der Waals surface area contributed by atoms with Gasteiger partial charge in [-0.25, -0.2) is 4.99 Å². The average molecular weight is 526 g/mol. The Bertz CT molecular complexity index is 682. The van der Waals surface area contributed by atoms with Gasteiger partial charge in [-0.2, -0.15) is 13.2 Å². The minimum absolute atomic E-state index is 0. The molecule has 1 aromatic carbocycles. The topological polar surface area (TPSA) is 56.7 Å². The Morgan fingerprint density at radius 1 is 1.31 bits per heavy atom. The molecular formula is C20H30F3IN4O. The standard InChI is InChI=1S/C20H29F3N4O.HI/c1-3-24-19(25-10-9-18(28)27-11-5-6-15(2)14-27)26-13-16-7-4-8-17(12-16)20(21,22)23;/h4,7-8,12,15H,3,5-6,9-11,13-14H2,1-2H3,(H2,24,25,26);1H. The molecule has 0 saturated carbocycles. The van der Waals surface area contributed by atoms with Crippen molar-refractivity contribution in [1.29, 1.82) is 0 Å². The number of halogens is 4. The van der Waals surface area contributed by atoms with Crippen LogP contribution in [0.1, 0.15) is 44.2 Å². The molecular weight excluding hydrogens is 496 g/mol. The van der Waals surface area contributed by atoms with Crippen molar-refractivity contribution in [3.05, 3.63) is 35.4 Å². The third kappa shape index (κ3) is 8.79. The van der Waals surface area contributed by atoms with Crippen LogP contribution >= 0.6 is 24.0 Å². The Kier molecular flexibility index (Phi) is 10.8. The summed E-state index contributed by atoms with van der Waals surface area (Å²) in [6.45, 7) is 6.85. The van der Waals surface area contributed by atoms with Gasteiger partial charge in [-0.1, -0.05) is 19.1 Å². The Morgan fingerprint density at radius 2 is 2.07 bits per heavy atom. The lowest BCUT2D eigenvalue weighted by molar-refractivity contribution is -0.137. The Morgan fingerprint density at radius 3 is 2.72 bits per heavy atom. The van der Waals surface area contributed by atoms with E-state index in [9.17, 15) is 18.0 Å². The normalized spacial score (nSPS) is 17.5. The number of benzene rings is 1. The summed E-state index contributed by atoms with van der Waals surface area (Å²) in [5, 5.41) is 6.14. The number of hydrogen-bond donors (Lipinski definition) is 2. The molecule has 0 bridgehead atoms. The summed E-state index contributed by atoms with van der Waals surface area (Å²) in [4.78, 5) is 18.5. The summed E-state index contributed by atoms with van der Waals surface area (Å²) in [6.07, 6.45) is -1.80. The maximum Gasteiger partial charge on any atom is 0.416 e. The molecule has 1 fully saturated rings. The first-order valence-corrected chi connectivity index (χ1v) is 9.75. The second-order valence-electron chi connectivity index (χ2n) is 7.16. The van der Waals surface area contributed by atoms with Crippen LogP contribution in [0.15, 0.2) is 29.3 Å². The molecule has 29 heavy (non-hydrogen) atoms. The molecule has 0 aromatic heterocycles. The van der Waals surface area contributed by atoms with Crippen molar-refractivity contribution in [3.8, 4) is 0 Å². The third-order valence-electron chi connectivity index (χ3n) is 4.66. The van der Waals surface area contributed by atoms with E-state index in [2.05, 4.69) is 22.5 Å². The van der Waals surface area contributed by atoms with Crippen LogP contribution in [0.25, 0.3) is 0 Å². The predicted octanol–water partition coefficient (Wildman–Crippen LogP) is 4.03. The molecule has 164 valence electrons. The number of carbonyl (C=O) groups is 1. The molecule has 0 aliphatic carbocycles. The van der Waals surface area contributed by atoms with E-state index < -0.39 is 11.7 Å². The van der Waals surface area contributed by atoms with Gasteiger partial charge < -0.3 is 15.5 Å². The quantitative estimate of drug-likeness (QED) is 0.335. The van der Waals surface area contributed by atoms with Crippen molar-refractivity contribution in [2.24, 2.45) is 10.9 Å². The molecule has 1 aliphatic rings. The zero-order valence-corrected chi connectivity index (χ0v) is 19.2. The first-order valence-electron chi connectivity index (χ1n) is 9.75. The van der Waals surface area contributed by atoms with Crippen LogP contribution in [0.3, 0.4) is 0 Å². The Balaban J connectivity index is 0.00000420. The highest BCUT2D eigenvalue weighted by atomic mass is 127. The number of amides is 1. The number of guanidine groups is 1. The van der Waals surface area contributed by atoms with Gasteiger partial charge in [-0.15, -0.1) is 24.0 Å². The van der Waals surface area contributed by atoms with E-state index in [0.29, 0.717) is 37.0 Å². The van der Waals surface area contributed by atoms with Gasteiger partial charge in [-0.05, 0) is 43.4 Å². The summed E-state index contributed by atoms with van der Waals surface area (Å²) in [7, 11) is 0. The molecule has 1 heterocycles. The highest BCUT2D eigenvalue weighted by Crippen LogP contribution is 2.29. The number of carbonyl (C=O) groups excluding carboxylic acids is 1. The number of nitrogens with one attached hydrogen (secondary N) is 2. The minimum Gasteiger partial charge on any atom is -0.357 e. The number of piperidine rings is 1. The fourth-order valence-corrected chi connectivity index (χ4v) is 3.22. The maximum absolute atomic E-state index is 12.8. The number of rotatable bonds is 6. The van der Waals surface area contributed by atoms with Gasteiger partial charge in [0.15, 0.2) is 5.96 Å². The summed E-state index contributed by atoms with van der Waals surface area (Å²) in [5.74, 6) is 1.14. The van der Waals surface area contributed by atoms with Crippen molar-refractivity contribution in [2.75, 3.05) is 26.2 Å². The first kappa shape index (κ1) is 25.5. The number of nitrogens with zero attached hydrogens (tertiary/aromatic N) is 2. The van der Waals surface area contributed by atoms with Crippen LogP contribution < -0.4 is 10.6 Å².